The maximum absolute atomic E-state index is 6.26. The zero-order chi connectivity index (χ0) is 12.0. The van der Waals surface area contributed by atoms with E-state index in [1.54, 1.807) is 6.26 Å². The molecule has 16 heavy (non-hydrogen) atoms. The number of likely N-dealkylation sites (N-methyl/N-ethyl adjacent to an activating group) is 1. The van der Waals surface area contributed by atoms with E-state index in [1.165, 1.54) is 0 Å². The molecule has 0 aliphatic rings. The van der Waals surface area contributed by atoms with Gasteiger partial charge in [-0.15, -0.1) is 0 Å². The monoisotopic (exact) mass is 224 g/mol. The van der Waals surface area contributed by atoms with Crippen molar-refractivity contribution in [1.82, 2.24) is 4.90 Å². The Morgan fingerprint density at radius 1 is 1.44 bits per heavy atom. The largest absolute Gasteiger partial charge is 0.468 e. The average Bonchev–Trinajstić information content (AvgIpc) is 2.69. The summed E-state index contributed by atoms with van der Waals surface area (Å²) in [7, 11) is 0. The van der Waals surface area contributed by atoms with Crippen molar-refractivity contribution >= 4 is 0 Å². The molecule has 1 unspecified atom stereocenters. The summed E-state index contributed by atoms with van der Waals surface area (Å²) < 4.78 is 5.36. The number of hydrogen-bond donors (Lipinski definition) is 1. The van der Waals surface area contributed by atoms with E-state index in [4.69, 9.17) is 10.2 Å². The Labute approximate surface area is 98.6 Å². The minimum Gasteiger partial charge on any atom is -0.468 e. The molecule has 1 rings (SSSR count). The zero-order valence-electron chi connectivity index (χ0n) is 10.7. The van der Waals surface area contributed by atoms with Crippen LogP contribution >= 0.6 is 0 Å². The van der Waals surface area contributed by atoms with Gasteiger partial charge in [0.05, 0.1) is 12.8 Å². The van der Waals surface area contributed by atoms with Gasteiger partial charge < -0.3 is 10.2 Å². The van der Waals surface area contributed by atoms with Gasteiger partial charge in [-0.3, -0.25) is 4.90 Å². The molecule has 1 heterocycles. The predicted molar refractivity (Wildman–Crippen MR) is 67.2 cm³/mol. The molecular weight excluding hydrogens is 200 g/mol. The average molecular weight is 224 g/mol. The van der Waals surface area contributed by atoms with Gasteiger partial charge in [0.15, 0.2) is 0 Å². The van der Waals surface area contributed by atoms with Gasteiger partial charge in [0, 0.05) is 12.1 Å². The Morgan fingerprint density at radius 3 is 2.69 bits per heavy atom. The molecule has 0 bridgehead atoms. The molecule has 0 spiro atoms. The molecule has 3 nitrogen and oxygen atoms in total. The van der Waals surface area contributed by atoms with Crippen LogP contribution < -0.4 is 5.73 Å². The molecule has 1 aromatic rings. The topological polar surface area (TPSA) is 42.4 Å². The van der Waals surface area contributed by atoms with Gasteiger partial charge >= 0.3 is 0 Å². The van der Waals surface area contributed by atoms with E-state index in [2.05, 4.69) is 25.7 Å². The molecule has 3 heteroatoms. The molecule has 0 aliphatic heterocycles. The molecule has 1 aromatic heterocycles. The summed E-state index contributed by atoms with van der Waals surface area (Å²) in [5.74, 6) is 1.01. The van der Waals surface area contributed by atoms with Gasteiger partial charge in [0.1, 0.15) is 5.76 Å². The fraction of sp³-hybridized carbons (Fsp3) is 0.692. The van der Waals surface area contributed by atoms with E-state index in [0.717, 1.165) is 38.2 Å². The molecule has 0 fully saturated rings. The number of rotatable bonds is 7. The normalized spacial score (nSPS) is 15.3. The van der Waals surface area contributed by atoms with Crippen LogP contribution in [0.2, 0.25) is 0 Å². The van der Waals surface area contributed by atoms with Gasteiger partial charge in [-0.1, -0.05) is 20.3 Å². The number of nitrogens with zero attached hydrogens (tertiary/aromatic N) is 1. The standard InChI is InChI=1S/C13H24N2O/c1-4-8-13(3,14)11-15(5-2)10-12-7-6-9-16-12/h6-7,9H,4-5,8,10-11,14H2,1-3H3. The zero-order valence-corrected chi connectivity index (χ0v) is 10.7. The molecule has 0 saturated carbocycles. The molecular formula is C13H24N2O. The second kappa shape index (κ2) is 6.06. The smallest absolute Gasteiger partial charge is 0.117 e. The summed E-state index contributed by atoms with van der Waals surface area (Å²) in [5.41, 5.74) is 6.16. The van der Waals surface area contributed by atoms with E-state index in [9.17, 15) is 0 Å². The van der Waals surface area contributed by atoms with E-state index in [-0.39, 0.29) is 5.54 Å². The molecule has 0 aliphatic carbocycles. The van der Waals surface area contributed by atoms with Crippen molar-refractivity contribution in [3.05, 3.63) is 24.2 Å². The summed E-state index contributed by atoms with van der Waals surface area (Å²) in [5, 5.41) is 0. The van der Waals surface area contributed by atoms with Crippen molar-refractivity contribution in [2.24, 2.45) is 5.73 Å². The summed E-state index contributed by atoms with van der Waals surface area (Å²) in [6.45, 7) is 9.22. The van der Waals surface area contributed by atoms with Gasteiger partial charge in [-0.2, -0.15) is 0 Å². The fourth-order valence-electron chi connectivity index (χ4n) is 2.06. The van der Waals surface area contributed by atoms with Gasteiger partial charge in [0.2, 0.25) is 0 Å². The van der Waals surface area contributed by atoms with Crippen LogP contribution in [0.5, 0.6) is 0 Å². The van der Waals surface area contributed by atoms with Crippen molar-refractivity contribution in [3.63, 3.8) is 0 Å². The minimum absolute atomic E-state index is 0.0998. The van der Waals surface area contributed by atoms with Gasteiger partial charge in [-0.25, -0.2) is 0 Å². The molecule has 0 amide bonds. The number of furan rings is 1. The van der Waals surface area contributed by atoms with Gasteiger partial charge in [0.25, 0.3) is 0 Å². The highest BCUT2D eigenvalue weighted by molar-refractivity contribution is 4.98. The highest BCUT2D eigenvalue weighted by atomic mass is 16.3. The first kappa shape index (κ1) is 13.3. The third-order valence-corrected chi connectivity index (χ3v) is 2.81. The maximum atomic E-state index is 6.26. The maximum Gasteiger partial charge on any atom is 0.117 e. The van der Waals surface area contributed by atoms with Crippen LogP contribution in [0, 0.1) is 0 Å². The van der Waals surface area contributed by atoms with Crippen LogP contribution in [0.4, 0.5) is 0 Å². The molecule has 2 N–H and O–H groups in total. The Balaban J connectivity index is 2.48. The van der Waals surface area contributed by atoms with Crippen molar-refractivity contribution in [2.75, 3.05) is 13.1 Å². The molecule has 0 radical (unpaired) electrons. The Kier molecular flexibility index (Phi) is 5.03. The Hall–Kier alpha value is -0.800. The van der Waals surface area contributed by atoms with Crippen molar-refractivity contribution in [3.8, 4) is 0 Å². The first-order valence-electron chi connectivity index (χ1n) is 6.11. The molecule has 0 aromatic carbocycles. The third-order valence-electron chi connectivity index (χ3n) is 2.81. The molecule has 92 valence electrons. The summed E-state index contributed by atoms with van der Waals surface area (Å²) >= 11 is 0. The van der Waals surface area contributed by atoms with Crippen LogP contribution in [-0.2, 0) is 6.54 Å². The van der Waals surface area contributed by atoms with E-state index >= 15 is 0 Å². The lowest BCUT2D eigenvalue weighted by atomic mass is 9.97. The van der Waals surface area contributed by atoms with Crippen LogP contribution in [0.15, 0.2) is 22.8 Å². The first-order chi connectivity index (χ1) is 7.57. The second-order valence-corrected chi connectivity index (χ2v) is 4.79. The van der Waals surface area contributed by atoms with Crippen molar-refractivity contribution < 1.29 is 4.42 Å². The Morgan fingerprint density at radius 2 is 2.19 bits per heavy atom. The Bertz CT molecular complexity index is 280. The highest BCUT2D eigenvalue weighted by Crippen LogP contribution is 2.13. The summed E-state index contributed by atoms with van der Waals surface area (Å²) in [6, 6.07) is 3.94. The summed E-state index contributed by atoms with van der Waals surface area (Å²) in [4.78, 5) is 2.33. The fourth-order valence-corrected chi connectivity index (χ4v) is 2.06. The van der Waals surface area contributed by atoms with Crippen LogP contribution in [0.1, 0.15) is 39.4 Å². The predicted octanol–water partition coefficient (Wildman–Crippen LogP) is 2.62. The van der Waals surface area contributed by atoms with E-state index in [0.29, 0.717) is 0 Å². The van der Waals surface area contributed by atoms with E-state index < -0.39 is 0 Å². The van der Waals surface area contributed by atoms with Crippen molar-refractivity contribution in [1.29, 1.82) is 0 Å². The first-order valence-corrected chi connectivity index (χ1v) is 6.11. The van der Waals surface area contributed by atoms with Crippen LogP contribution in [-0.4, -0.2) is 23.5 Å². The quantitative estimate of drug-likeness (QED) is 0.774. The molecule has 0 saturated heterocycles. The minimum atomic E-state index is -0.0998. The third kappa shape index (κ3) is 4.37. The van der Waals surface area contributed by atoms with Crippen LogP contribution in [0.3, 0.4) is 0 Å². The second-order valence-electron chi connectivity index (χ2n) is 4.79. The molecule has 1 atom stereocenters. The van der Waals surface area contributed by atoms with Crippen LogP contribution in [0.25, 0.3) is 0 Å². The number of nitrogens with two attached hydrogens (primary N) is 1. The SMILES string of the molecule is CCCC(C)(N)CN(CC)Cc1ccco1. The summed E-state index contributed by atoms with van der Waals surface area (Å²) in [6.07, 6.45) is 3.91. The number of hydrogen-bond acceptors (Lipinski definition) is 3. The highest BCUT2D eigenvalue weighted by Gasteiger charge is 2.21. The van der Waals surface area contributed by atoms with Gasteiger partial charge in [-0.05, 0) is 32.0 Å². The van der Waals surface area contributed by atoms with E-state index in [1.807, 2.05) is 12.1 Å². The lowest BCUT2D eigenvalue weighted by Crippen LogP contribution is -2.47. The van der Waals surface area contributed by atoms with Crippen molar-refractivity contribution in [2.45, 2.75) is 45.7 Å². The lowest BCUT2D eigenvalue weighted by molar-refractivity contribution is 0.197. The lowest BCUT2D eigenvalue weighted by Gasteiger charge is -2.31.